The minimum Gasteiger partial charge on any atom is -0.424 e. The molecule has 1 aromatic carbocycles. The first-order valence-electron chi connectivity index (χ1n) is 5.81. The number of unbranched alkanes of at least 4 members (excludes halogenated alkanes) is 2. The van der Waals surface area contributed by atoms with Crippen molar-refractivity contribution >= 4 is 13.3 Å². The van der Waals surface area contributed by atoms with Crippen LogP contribution in [-0.2, 0) is 4.57 Å². The van der Waals surface area contributed by atoms with Crippen LogP contribution in [0.3, 0.4) is 0 Å². The number of nitro benzene ring substituents is 1. The minimum atomic E-state index is -3.70. The average Bonchev–Trinajstić information content (AvgIpc) is 2.35. The summed E-state index contributed by atoms with van der Waals surface area (Å²) >= 11 is 0. The first-order chi connectivity index (χ1) is 8.94. The fraction of sp³-hybridized carbons (Fsp3) is 0.333. The molecule has 0 spiro atoms. The Balaban J connectivity index is 2.54. The molecule has 6 nitrogen and oxygen atoms in total. The Bertz CT molecular complexity index is 485. The molecule has 1 N–H and O–H groups in total. The van der Waals surface area contributed by atoms with Crippen LogP contribution in [0.2, 0.25) is 0 Å². The van der Waals surface area contributed by atoms with E-state index in [0.717, 1.165) is 12.8 Å². The van der Waals surface area contributed by atoms with Gasteiger partial charge in [0.1, 0.15) is 5.75 Å². The molecule has 7 heteroatoms. The SMILES string of the molecule is C=CCCCCP(=O)(O)Oc1ccc([N+](=O)[O-])cc1. The van der Waals surface area contributed by atoms with Crippen molar-refractivity contribution in [3.8, 4) is 5.75 Å². The van der Waals surface area contributed by atoms with Crippen molar-refractivity contribution in [1.29, 1.82) is 0 Å². The van der Waals surface area contributed by atoms with Crippen LogP contribution in [0.1, 0.15) is 19.3 Å². The zero-order chi connectivity index (χ0) is 14.3. The van der Waals surface area contributed by atoms with Crippen LogP contribution < -0.4 is 4.52 Å². The molecule has 0 aliphatic heterocycles. The Hall–Kier alpha value is -1.65. The zero-order valence-corrected chi connectivity index (χ0v) is 11.3. The third-order valence-corrected chi connectivity index (χ3v) is 3.77. The molecule has 0 fully saturated rings. The summed E-state index contributed by atoms with van der Waals surface area (Å²) < 4.78 is 16.7. The second-order valence-electron chi connectivity index (χ2n) is 3.99. The van der Waals surface area contributed by atoms with Crippen molar-refractivity contribution in [2.75, 3.05) is 6.16 Å². The van der Waals surface area contributed by atoms with E-state index in [1.165, 1.54) is 24.3 Å². The molecule has 1 rings (SSSR count). The smallest absolute Gasteiger partial charge is 0.376 e. The van der Waals surface area contributed by atoms with Crippen molar-refractivity contribution < 1.29 is 18.9 Å². The maximum absolute atomic E-state index is 11.7. The lowest BCUT2D eigenvalue weighted by Gasteiger charge is -2.12. The molecule has 0 heterocycles. The first-order valence-corrected chi connectivity index (χ1v) is 7.57. The summed E-state index contributed by atoms with van der Waals surface area (Å²) in [4.78, 5) is 19.5. The molecule has 0 bridgehead atoms. The predicted molar refractivity (Wildman–Crippen MR) is 72.5 cm³/mol. The average molecular weight is 285 g/mol. The van der Waals surface area contributed by atoms with Gasteiger partial charge in [-0.1, -0.05) is 6.08 Å². The highest BCUT2D eigenvalue weighted by molar-refractivity contribution is 7.53. The van der Waals surface area contributed by atoms with E-state index in [-0.39, 0.29) is 17.6 Å². The van der Waals surface area contributed by atoms with Crippen LogP contribution in [-0.4, -0.2) is 16.0 Å². The van der Waals surface area contributed by atoms with E-state index in [9.17, 15) is 19.6 Å². The minimum absolute atomic E-state index is 0.0534. The van der Waals surface area contributed by atoms with Gasteiger partial charge in [-0.25, -0.2) is 4.57 Å². The van der Waals surface area contributed by atoms with Crippen molar-refractivity contribution in [3.05, 3.63) is 47.0 Å². The number of benzene rings is 1. The summed E-state index contributed by atoms with van der Waals surface area (Å²) in [6.07, 6.45) is 3.93. The third-order valence-electron chi connectivity index (χ3n) is 2.39. The Morgan fingerprint density at radius 1 is 1.37 bits per heavy atom. The normalized spacial score (nSPS) is 13.5. The van der Waals surface area contributed by atoms with Crippen LogP contribution >= 0.6 is 7.60 Å². The highest BCUT2D eigenvalue weighted by Crippen LogP contribution is 2.43. The fourth-order valence-corrected chi connectivity index (χ4v) is 2.61. The largest absolute Gasteiger partial charge is 0.424 e. The quantitative estimate of drug-likeness (QED) is 0.259. The highest BCUT2D eigenvalue weighted by Gasteiger charge is 2.20. The molecule has 0 aliphatic carbocycles. The fourth-order valence-electron chi connectivity index (χ4n) is 1.44. The molecule has 0 saturated heterocycles. The van der Waals surface area contributed by atoms with Gasteiger partial charge in [-0.3, -0.25) is 10.1 Å². The maximum atomic E-state index is 11.7. The van der Waals surface area contributed by atoms with E-state index in [1.54, 1.807) is 6.08 Å². The lowest BCUT2D eigenvalue weighted by atomic mass is 10.2. The van der Waals surface area contributed by atoms with Crippen molar-refractivity contribution in [2.24, 2.45) is 0 Å². The molecule has 0 aromatic heterocycles. The summed E-state index contributed by atoms with van der Waals surface area (Å²) in [6, 6.07) is 5.08. The van der Waals surface area contributed by atoms with Gasteiger partial charge in [-0.05, 0) is 31.4 Å². The van der Waals surface area contributed by atoms with Crippen LogP contribution in [0, 0.1) is 10.1 Å². The lowest BCUT2D eigenvalue weighted by molar-refractivity contribution is -0.384. The molecule has 19 heavy (non-hydrogen) atoms. The molecule has 0 amide bonds. The van der Waals surface area contributed by atoms with E-state index < -0.39 is 12.5 Å². The molecule has 1 atom stereocenters. The number of rotatable bonds is 8. The summed E-state index contributed by atoms with van der Waals surface area (Å²) in [5.74, 6) is 0.153. The van der Waals surface area contributed by atoms with Crippen LogP contribution in [0.5, 0.6) is 5.75 Å². The third kappa shape index (κ3) is 5.68. The monoisotopic (exact) mass is 285 g/mol. The van der Waals surface area contributed by atoms with Crippen molar-refractivity contribution in [2.45, 2.75) is 19.3 Å². The molecule has 0 saturated carbocycles. The van der Waals surface area contributed by atoms with Gasteiger partial charge in [0, 0.05) is 12.1 Å². The Kier molecular flexibility index (Phi) is 5.73. The predicted octanol–water partition coefficient (Wildman–Crippen LogP) is 3.52. The number of non-ortho nitro benzene ring substituents is 1. The second kappa shape index (κ2) is 7.07. The standard InChI is InChI=1S/C12H16NO5P/c1-2-3-4-5-10-19(16,17)18-12-8-6-11(7-9-12)13(14)15/h2,6-9H,1,3-5,10H2,(H,16,17). The number of hydrogen-bond donors (Lipinski definition) is 1. The van der Waals surface area contributed by atoms with Gasteiger partial charge in [0.05, 0.1) is 11.1 Å². The molecular formula is C12H16NO5P. The van der Waals surface area contributed by atoms with Gasteiger partial charge >= 0.3 is 7.60 Å². The molecule has 1 aromatic rings. The molecular weight excluding hydrogens is 269 g/mol. The van der Waals surface area contributed by atoms with Gasteiger partial charge in [0.25, 0.3) is 5.69 Å². The first kappa shape index (κ1) is 15.4. The van der Waals surface area contributed by atoms with Crippen LogP contribution in [0.4, 0.5) is 5.69 Å². The highest BCUT2D eigenvalue weighted by atomic mass is 31.2. The van der Waals surface area contributed by atoms with Gasteiger partial charge in [0.15, 0.2) is 0 Å². The van der Waals surface area contributed by atoms with E-state index in [2.05, 4.69) is 6.58 Å². The van der Waals surface area contributed by atoms with E-state index in [1.807, 2.05) is 0 Å². The van der Waals surface area contributed by atoms with Crippen molar-refractivity contribution in [3.63, 3.8) is 0 Å². The van der Waals surface area contributed by atoms with E-state index in [0.29, 0.717) is 6.42 Å². The topological polar surface area (TPSA) is 89.7 Å². The summed E-state index contributed by atoms with van der Waals surface area (Å²) in [7, 11) is -3.70. The van der Waals surface area contributed by atoms with Gasteiger partial charge in [-0.15, -0.1) is 6.58 Å². The molecule has 1 unspecified atom stereocenters. The summed E-state index contributed by atoms with van der Waals surface area (Å²) in [5, 5.41) is 10.5. The van der Waals surface area contributed by atoms with Crippen LogP contribution in [0.25, 0.3) is 0 Å². The van der Waals surface area contributed by atoms with Crippen molar-refractivity contribution in [1.82, 2.24) is 0 Å². The van der Waals surface area contributed by atoms with Gasteiger partial charge < -0.3 is 9.42 Å². The number of hydrogen-bond acceptors (Lipinski definition) is 4. The Morgan fingerprint density at radius 2 is 2.00 bits per heavy atom. The number of nitrogens with zero attached hydrogens (tertiary/aromatic N) is 1. The molecule has 0 aliphatic rings. The molecule has 104 valence electrons. The Labute approximate surface area is 111 Å². The molecule has 0 radical (unpaired) electrons. The lowest BCUT2D eigenvalue weighted by Crippen LogP contribution is -1.97. The maximum Gasteiger partial charge on any atom is 0.376 e. The van der Waals surface area contributed by atoms with Crippen LogP contribution in [0.15, 0.2) is 36.9 Å². The zero-order valence-electron chi connectivity index (χ0n) is 10.4. The van der Waals surface area contributed by atoms with E-state index in [4.69, 9.17) is 4.52 Å². The Morgan fingerprint density at radius 3 is 2.53 bits per heavy atom. The number of allylic oxidation sites excluding steroid dienone is 1. The van der Waals surface area contributed by atoms with E-state index >= 15 is 0 Å². The number of nitro groups is 1. The second-order valence-corrected chi connectivity index (χ2v) is 5.89. The van der Waals surface area contributed by atoms with Gasteiger partial charge in [-0.2, -0.15) is 0 Å². The summed E-state index contributed by atoms with van der Waals surface area (Å²) in [6.45, 7) is 3.57. The van der Waals surface area contributed by atoms with Gasteiger partial charge in [0.2, 0.25) is 0 Å². The summed E-state index contributed by atoms with van der Waals surface area (Å²) in [5.41, 5.74) is -0.0916.